The van der Waals surface area contributed by atoms with Crippen LogP contribution in [0.5, 0.6) is 0 Å². The largest absolute Gasteiger partial charge is 0.457 e. The molecule has 6 nitrogen and oxygen atoms in total. The Morgan fingerprint density at radius 3 is 2.66 bits per heavy atom. The molecule has 148 valence electrons. The van der Waals surface area contributed by atoms with Gasteiger partial charge in [0, 0.05) is 55.8 Å². The molecule has 1 fully saturated rings. The number of benzene rings is 1. The fourth-order valence-corrected chi connectivity index (χ4v) is 4.30. The molecule has 3 heterocycles. The molecule has 4 rings (SSSR count). The Kier molecular flexibility index (Phi) is 6.05. The Balaban J connectivity index is 1.39. The maximum Gasteiger partial charge on any atom is 0.286 e. The van der Waals surface area contributed by atoms with Gasteiger partial charge in [0.25, 0.3) is 5.91 Å². The van der Waals surface area contributed by atoms with Crippen molar-refractivity contribution in [2.45, 2.75) is 6.42 Å². The van der Waals surface area contributed by atoms with Gasteiger partial charge in [-0.1, -0.05) is 11.6 Å². The third-order valence-corrected chi connectivity index (χ3v) is 6.12. The molecule has 1 saturated heterocycles. The first-order valence-electron chi connectivity index (χ1n) is 9.35. The van der Waals surface area contributed by atoms with Gasteiger partial charge < -0.3 is 9.32 Å². The van der Waals surface area contributed by atoms with Crippen molar-refractivity contribution in [1.82, 2.24) is 9.80 Å². The Morgan fingerprint density at radius 1 is 1.17 bits per heavy atom. The Labute approximate surface area is 178 Å². The predicted molar refractivity (Wildman–Crippen MR) is 115 cm³/mol. The van der Waals surface area contributed by atoms with Crippen LogP contribution in [0.15, 0.2) is 50.7 Å². The molecule has 0 radical (unpaired) electrons. The number of rotatable bonds is 4. The van der Waals surface area contributed by atoms with E-state index < -0.39 is 0 Å². The molecule has 0 unspecified atom stereocenters. The van der Waals surface area contributed by atoms with Gasteiger partial charge in [-0.15, -0.1) is 0 Å². The lowest BCUT2D eigenvalue weighted by atomic mass is 10.2. The number of hydrogen-bond acceptors (Lipinski definition) is 6. The van der Waals surface area contributed by atoms with Gasteiger partial charge in [0.05, 0.1) is 11.0 Å². The lowest BCUT2D eigenvalue weighted by Gasteiger charge is -2.34. The predicted octanol–water partition coefficient (Wildman–Crippen LogP) is 4.10. The molecule has 2 aliphatic rings. The van der Waals surface area contributed by atoms with Crippen molar-refractivity contribution >= 4 is 40.5 Å². The minimum Gasteiger partial charge on any atom is -0.457 e. The van der Waals surface area contributed by atoms with E-state index >= 15 is 0 Å². The molecule has 0 saturated carbocycles. The Morgan fingerprint density at radius 2 is 1.93 bits per heavy atom. The van der Waals surface area contributed by atoms with Crippen LogP contribution in [0, 0.1) is 11.3 Å². The number of furan rings is 1. The molecule has 8 heteroatoms. The number of halogens is 1. The van der Waals surface area contributed by atoms with E-state index in [0.717, 1.165) is 49.2 Å². The standard InChI is InChI=1S/C21H19ClN4O2S/c22-16-4-2-15(3-5-16)18-7-6-17(28-18)14-19-20(27)24-21(29-19)26-12-10-25(11-13-26)9-1-8-23/h2-7,14H,1,9-13H2/b19-14-. The summed E-state index contributed by atoms with van der Waals surface area (Å²) in [6.45, 7) is 4.15. The summed E-state index contributed by atoms with van der Waals surface area (Å²) >= 11 is 7.31. The molecule has 1 aromatic carbocycles. The summed E-state index contributed by atoms with van der Waals surface area (Å²) in [7, 11) is 0. The van der Waals surface area contributed by atoms with Crippen molar-refractivity contribution in [3.63, 3.8) is 0 Å². The van der Waals surface area contributed by atoms with Crippen LogP contribution < -0.4 is 0 Å². The van der Waals surface area contributed by atoms with Crippen LogP contribution in [0.25, 0.3) is 17.4 Å². The number of hydrogen-bond donors (Lipinski definition) is 0. The number of nitriles is 1. The highest BCUT2D eigenvalue weighted by atomic mass is 35.5. The number of aliphatic imine (C=N–C) groups is 1. The molecule has 0 atom stereocenters. The summed E-state index contributed by atoms with van der Waals surface area (Å²) in [6.07, 6.45) is 2.29. The third kappa shape index (κ3) is 4.73. The first kappa shape index (κ1) is 19.8. The highest BCUT2D eigenvalue weighted by molar-refractivity contribution is 8.18. The van der Waals surface area contributed by atoms with Gasteiger partial charge in [0.2, 0.25) is 0 Å². The van der Waals surface area contributed by atoms with E-state index in [0.29, 0.717) is 22.1 Å². The summed E-state index contributed by atoms with van der Waals surface area (Å²) in [4.78, 5) is 21.5. The number of amidine groups is 1. The number of carbonyl (C=O) groups is 1. The summed E-state index contributed by atoms with van der Waals surface area (Å²) < 4.78 is 5.87. The van der Waals surface area contributed by atoms with Gasteiger partial charge in [0.1, 0.15) is 11.5 Å². The highest BCUT2D eigenvalue weighted by Crippen LogP contribution is 2.32. The molecule has 0 bridgehead atoms. The number of carbonyl (C=O) groups excluding carboxylic acids is 1. The topological polar surface area (TPSA) is 72.8 Å². The van der Waals surface area contributed by atoms with Crippen LogP contribution in [0.4, 0.5) is 0 Å². The number of piperazine rings is 1. The van der Waals surface area contributed by atoms with Crippen molar-refractivity contribution in [3.05, 3.63) is 52.1 Å². The second-order valence-electron chi connectivity index (χ2n) is 6.76. The maximum absolute atomic E-state index is 12.3. The minimum atomic E-state index is -0.235. The van der Waals surface area contributed by atoms with Crippen molar-refractivity contribution in [1.29, 1.82) is 5.26 Å². The normalized spacial score (nSPS) is 18.9. The van der Waals surface area contributed by atoms with Crippen LogP contribution in [-0.2, 0) is 4.79 Å². The van der Waals surface area contributed by atoms with E-state index in [1.54, 1.807) is 6.08 Å². The van der Waals surface area contributed by atoms with Crippen LogP contribution in [-0.4, -0.2) is 53.6 Å². The number of amides is 1. The monoisotopic (exact) mass is 426 g/mol. The maximum atomic E-state index is 12.3. The molecule has 2 aromatic rings. The fraction of sp³-hybridized carbons (Fsp3) is 0.286. The first-order valence-corrected chi connectivity index (χ1v) is 10.5. The van der Waals surface area contributed by atoms with Gasteiger partial charge in [-0.2, -0.15) is 10.3 Å². The summed E-state index contributed by atoms with van der Waals surface area (Å²) in [5.41, 5.74) is 0.927. The molecule has 29 heavy (non-hydrogen) atoms. The summed E-state index contributed by atoms with van der Waals surface area (Å²) in [5, 5.41) is 10.1. The van der Waals surface area contributed by atoms with Crippen molar-refractivity contribution in [2.75, 3.05) is 32.7 Å². The fourth-order valence-electron chi connectivity index (χ4n) is 3.23. The summed E-state index contributed by atoms with van der Waals surface area (Å²) in [5.74, 6) is 1.10. The quantitative estimate of drug-likeness (QED) is 0.685. The Bertz CT molecular complexity index is 998. The summed E-state index contributed by atoms with van der Waals surface area (Å²) in [6, 6.07) is 13.3. The lowest BCUT2D eigenvalue weighted by Crippen LogP contribution is -2.47. The zero-order valence-electron chi connectivity index (χ0n) is 15.7. The van der Waals surface area contributed by atoms with Crippen LogP contribution in [0.2, 0.25) is 5.02 Å². The van der Waals surface area contributed by atoms with Gasteiger partial charge in [0.15, 0.2) is 5.17 Å². The van der Waals surface area contributed by atoms with Crippen LogP contribution in [0.3, 0.4) is 0 Å². The van der Waals surface area contributed by atoms with E-state index in [1.807, 2.05) is 36.4 Å². The number of thioether (sulfide) groups is 1. The molecule has 1 aromatic heterocycles. The first-order chi connectivity index (χ1) is 14.1. The van der Waals surface area contributed by atoms with E-state index in [2.05, 4.69) is 20.9 Å². The second kappa shape index (κ2) is 8.87. The van der Waals surface area contributed by atoms with Crippen LogP contribution in [0.1, 0.15) is 12.2 Å². The third-order valence-electron chi connectivity index (χ3n) is 4.82. The SMILES string of the molecule is N#CCCN1CCN(C2=NC(=O)/C(=C/c3ccc(-c4ccc(Cl)cc4)o3)S2)CC1. The molecular weight excluding hydrogens is 408 g/mol. The molecular formula is C21H19ClN4O2S. The van der Waals surface area contributed by atoms with Crippen LogP contribution >= 0.6 is 23.4 Å². The Hall–Kier alpha value is -2.53. The van der Waals surface area contributed by atoms with Gasteiger partial charge >= 0.3 is 0 Å². The van der Waals surface area contributed by atoms with E-state index in [9.17, 15) is 4.79 Å². The highest BCUT2D eigenvalue weighted by Gasteiger charge is 2.28. The van der Waals surface area contributed by atoms with Crippen molar-refractivity contribution < 1.29 is 9.21 Å². The van der Waals surface area contributed by atoms with E-state index in [1.165, 1.54) is 11.8 Å². The van der Waals surface area contributed by atoms with E-state index in [4.69, 9.17) is 21.3 Å². The van der Waals surface area contributed by atoms with Gasteiger partial charge in [-0.3, -0.25) is 9.69 Å². The molecule has 2 aliphatic heterocycles. The second-order valence-corrected chi connectivity index (χ2v) is 8.20. The molecule has 0 spiro atoms. The smallest absolute Gasteiger partial charge is 0.286 e. The van der Waals surface area contributed by atoms with Crippen molar-refractivity contribution in [3.8, 4) is 17.4 Å². The molecule has 0 N–H and O–H groups in total. The lowest BCUT2D eigenvalue weighted by molar-refractivity contribution is -0.113. The molecule has 1 amide bonds. The van der Waals surface area contributed by atoms with Crippen molar-refractivity contribution in [2.24, 2.45) is 4.99 Å². The average Bonchev–Trinajstić information content (AvgIpc) is 3.35. The number of nitrogens with zero attached hydrogens (tertiary/aromatic N) is 4. The average molecular weight is 427 g/mol. The molecule has 0 aliphatic carbocycles. The van der Waals surface area contributed by atoms with E-state index in [-0.39, 0.29) is 5.91 Å². The zero-order chi connectivity index (χ0) is 20.2. The van der Waals surface area contributed by atoms with Gasteiger partial charge in [-0.25, -0.2) is 0 Å². The van der Waals surface area contributed by atoms with Gasteiger partial charge in [-0.05, 0) is 48.2 Å². The zero-order valence-corrected chi connectivity index (χ0v) is 17.2. The minimum absolute atomic E-state index is 0.235.